The van der Waals surface area contributed by atoms with E-state index in [0.717, 1.165) is 17.7 Å². The minimum absolute atomic E-state index is 0.00690. The van der Waals surface area contributed by atoms with Crippen molar-refractivity contribution < 1.29 is 23.8 Å². The second kappa shape index (κ2) is 7.44. The van der Waals surface area contributed by atoms with Crippen molar-refractivity contribution in [1.82, 2.24) is 5.32 Å². The first-order valence-corrected chi connectivity index (χ1v) is 7.80. The van der Waals surface area contributed by atoms with Crippen molar-refractivity contribution in [3.63, 3.8) is 0 Å². The Morgan fingerprint density at radius 1 is 1.25 bits per heavy atom. The summed E-state index contributed by atoms with van der Waals surface area (Å²) in [5.74, 6) is -1.82. The summed E-state index contributed by atoms with van der Waals surface area (Å²) < 4.78 is 18.5. The van der Waals surface area contributed by atoms with E-state index in [0.29, 0.717) is 0 Å². The highest BCUT2D eigenvalue weighted by molar-refractivity contribution is 9.10. The number of carboxylic acids is 1. The van der Waals surface area contributed by atoms with E-state index in [2.05, 4.69) is 21.2 Å². The molecule has 2 aromatic rings. The van der Waals surface area contributed by atoms with Crippen LogP contribution in [0, 0.1) is 5.82 Å². The average molecular weight is 396 g/mol. The summed E-state index contributed by atoms with van der Waals surface area (Å²) in [5, 5.41) is 11.9. The number of carbonyl (C=O) groups is 2. The van der Waals surface area contributed by atoms with Crippen LogP contribution in [0.1, 0.15) is 18.1 Å². The Morgan fingerprint density at radius 2 is 1.92 bits per heavy atom. The van der Waals surface area contributed by atoms with Gasteiger partial charge in [-0.1, -0.05) is 52.3 Å². The molecule has 0 aromatic heterocycles. The largest absolute Gasteiger partial charge is 0.479 e. The maximum Gasteiger partial charge on any atom is 0.408 e. The molecule has 2 aromatic carbocycles. The highest BCUT2D eigenvalue weighted by atomic mass is 79.9. The lowest BCUT2D eigenvalue weighted by atomic mass is 9.92. The fourth-order valence-electron chi connectivity index (χ4n) is 2.09. The monoisotopic (exact) mass is 395 g/mol. The molecule has 0 radical (unpaired) electrons. The number of alkyl carbamates (subject to hydrolysis) is 1. The Kier molecular flexibility index (Phi) is 5.56. The number of amides is 1. The predicted molar refractivity (Wildman–Crippen MR) is 88.9 cm³/mol. The molecule has 0 saturated carbocycles. The van der Waals surface area contributed by atoms with E-state index in [1.807, 2.05) is 6.07 Å². The van der Waals surface area contributed by atoms with Crippen molar-refractivity contribution in [3.05, 3.63) is 69.9 Å². The Balaban J connectivity index is 2.15. The Bertz CT molecular complexity index is 754. The number of hydrogen-bond acceptors (Lipinski definition) is 3. The van der Waals surface area contributed by atoms with Crippen LogP contribution >= 0.6 is 15.9 Å². The van der Waals surface area contributed by atoms with Gasteiger partial charge in [0.05, 0.1) is 0 Å². The van der Waals surface area contributed by atoms with Crippen LogP contribution in [-0.4, -0.2) is 17.2 Å². The topological polar surface area (TPSA) is 75.6 Å². The van der Waals surface area contributed by atoms with Gasteiger partial charge in [-0.2, -0.15) is 0 Å². The van der Waals surface area contributed by atoms with Gasteiger partial charge in [0, 0.05) is 10.0 Å². The van der Waals surface area contributed by atoms with Crippen LogP contribution in [0.15, 0.2) is 53.0 Å². The second-order valence-corrected chi connectivity index (χ2v) is 6.10. The first-order valence-electron chi connectivity index (χ1n) is 7.00. The van der Waals surface area contributed by atoms with Gasteiger partial charge in [0.2, 0.25) is 0 Å². The van der Waals surface area contributed by atoms with E-state index in [-0.39, 0.29) is 16.6 Å². The molecule has 2 N–H and O–H groups in total. The zero-order valence-corrected chi connectivity index (χ0v) is 14.3. The molecule has 24 heavy (non-hydrogen) atoms. The lowest BCUT2D eigenvalue weighted by Crippen LogP contribution is -2.50. The molecule has 0 spiro atoms. The molecule has 2 rings (SSSR count). The molecule has 0 aliphatic carbocycles. The van der Waals surface area contributed by atoms with Gasteiger partial charge in [-0.3, -0.25) is 0 Å². The van der Waals surface area contributed by atoms with E-state index in [4.69, 9.17) is 4.74 Å². The van der Waals surface area contributed by atoms with Gasteiger partial charge in [-0.25, -0.2) is 14.0 Å². The first kappa shape index (κ1) is 17.9. The molecule has 0 saturated heterocycles. The van der Waals surface area contributed by atoms with Gasteiger partial charge in [-0.05, 0) is 24.6 Å². The van der Waals surface area contributed by atoms with Gasteiger partial charge >= 0.3 is 12.1 Å². The fourth-order valence-corrected chi connectivity index (χ4v) is 2.84. The van der Waals surface area contributed by atoms with Crippen molar-refractivity contribution in [3.8, 4) is 0 Å². The van der Waals surface area contributed by atoms with Gasteiger partial charge < -0.3 is 15.2 Å². The third kappa shape index (κ3) is 4.11. The molecule has 1 amide bonds. The van der Waals surface area contributed by atoms with Crippen molar-refractivity contribution in [2.45, 2.75) is 19.1 Å². The minimum Gasteiger partial charge on any atom is -0.479 e. The van der Waals surface area contributed by atoms with Crippen molar-refractivity contribution in [1.29, 1.82) is 0 Å². The SMILES string of the molecule is CC(NC(=O)OCc1ccccc1)(C(=O)O)c1ccc(F)cc1Br. The second-order valence-electron chi connectivity index (χ2n) is 5.24. The normalized spacial score (nSPS) is 13.0. The van der Waals surface area contributed by atoms with Gasteiger partial charge in [-0.15, -0.1) is 0 Å². The molecule has 126 valence electrons. The zero-order valence-electron chi connectivity index (χ0n) is 12.8. The highest BCUT2D eigenvalue weighted by Gasteiger charge is 2.39. The van der Waals surface area contributed by atoms with Crippen LogP contribution in [-0.2, 0) is 21.7 Å². The number of rotatable bonds is 5. The molecule has 0 heterocycles. The molecule has 0 aliphatic heterocycles. The van der Waals surface area contributed by atoms with Crippen LogP contribution in [0.5, 0.6) is 0 Å². The zero-order chi connectivity index (χ0) is 17.7. The molecule has 0 fully saturated rings. The third-order valence-electron chi connectivity index (χ3n) is 3.46. The number of benzene rings is 2. The van der Waals surface area contributed by atoms with Crippen LogP contribution in [0.25, 0.3) is 0 Å². The summed E-state index contributed by atoms with van der Waals surface area (Å²) >= 11 is 3.12. The quantitative estimate of drug-likeness (QED) is 0.806. The Labute approximate surface area is 146 Å². The molecule has 7 heteroatoms. The average Bonchev–Trinajstić information content (AvgIpc) is 2.53. The molecule has 1 atom stereocenters. The van der Waals surface area contributed by atoms with Gasteiger partial charge in [0.25, 0.3) is 0 Å². The maximum atomic E-state index is 13.2. The van der Waals surface area contributed by atoms with E-state index in [1.165, 1.54) is 13.0 Å². The van der Waals surface area contributed by atoms with Crippen molar-refractivity contribution in [2.24, 2.45) is 0 Å². The number of carboxylic acid groups (broad SMARTS) is 1. The summed E-state index contributed by atoms with van der Waals surface area (Å²) in [6, 6.07) is 12.5. The van der Waals surface area contributed by atoms with Crippen molar-refractivity contribution in [2.75, 3.05) is 0 Å². The number of hydrogen-bond donors (Lipinski definition) is 2. The van der Waals surface area contributed by atoms with E-state index in [1.54, 1.807) is 24.3 Å². The van der Waals surface area contributed by atoms with Gasteiger partial charge in [0.15, 0.2) is 5.54 Å². The van der Waals surface area contributed by atoms with Gasteiger partial charge in [0.1, 0.15) is 12.4 Å². The van der Waals surface area contributed by atoms with Crippen molar-refractivity contribution >= 4 is 28.0 Å². The van der Waals surface area contributed by atoms with Crippen LogP contribution < -0.4 is 5.32 Å². The minimum atomic E-state index is -1.78. The Hall–Kier alpha value is -2.41. The maximum absolute atomic E-state index is 13.2. The standard InChI is InChI=1S/C17H15BrFNO4/c1-17(15(21)22,13-8-7-12(19)9-14(13)18)20-16(23)24-10-11-5-3-2-4-6-11/h2-9H,10H2,1H3,(H,20,23)(H,21,22). The predicted octanol–water partition coefficient (Wildman–Crippen LogP) is 3.81. The molecule has 0 aliphatic rings. The summed E-state index contributed by atoms with van der Waals surface area (Å²) in [7, 11) is 0. The number of halogens is 2. The number of ether oxygens (including phenoxy) is 1. The van der Waals surface area contributed by atoms with E-state index in [9.17, 15) is 19.1 Å². The number of carbonyl (C=O) groups excluding carboxylic acids is 1. The molecular weight excluding hydrogens is 381 g/mol. The van der Waals surface area contributed by atoms with Crippen LogP contribution in [0.2, 0.25) is 0 Å². The summed E-state index contributed by atoms with van der Waals surface area (Å²) in [6.45, 7) is 1.31. The highest BCUT2D eigenvalue weighted by Crippen LogP contribution is 2.29. The summed E-state index contributed by atoms with van der Waals surface area (Å²) in [6.07, 6.45) is -0.889. The third-order valence-corrected chi connectivity index (χ3v) is 4.12. The van der Waals surface area contributed by atoms with Crippen LogP contribution in [0.3, 0.4) is 0 Å². The lowest BCUT2D eigenvalue weighted by Gasteiger charge is -2.27. The molecule has 1 unspecified atom stereocenters. The van der Waals surface area contributed by atoms with Crippen LogP contribution in [0.4, 0.5) is 9.18 Å². The molecule has 0 bridgehead atoms. The number of nitrogens with one attached hydrogen (secondary N) is 1. The fraction of sp³-hybridized carbons (Fsp3) is 0.176. The Morgan fingerprint density at radius 3 is 2.50 bits per heavy atom. The van der Waals surface area contributed by atoms with E-state index >= 15 is 0 Å². The number of aliphatic carboxylic acids is 1. The smallest absolute Gasteiger partial charge is 0.408 e. The molecule has 5 nitrogen and oxygen atoms in total. The molecular formula is C17H15BrFNO4. The van der Waals surface area contributed by atoms with E-state index < -0.39 is 23.4 Å². The first-order chi connectivity index (χ1) is 11.3. The summed E-state index contributed by atoms with van der Waals surface area (Å²) in [4.78, 5) is 23.7. The lowest BCUT2D eigenvalue weighted by molar-refractivity contribution is -0.144. The summed E-state index contributed by atoms with van der Waals surface area (Å²) in [5.41, 5.74) is -0.805.